The molecule has 0 aliphatic heterocycles. The van der Waals surface area contributed by atoms with Crippen LogP contribution >= 0.6 is 0 Å². The average molecular weight is 204 g/mol. The highest BCUT2D eigenvalue weighted by atomic mass is 15.4. The Morgan fingerprint density at radius 2 is 1.87 bits per heavy atom. The maximum Gasteiger partial charge on any atom is 0.0831 e. The van der Waals surface area contributed by atoms with Crippen molar-refractivity contribution in [1.82, 2.24) is 14.5 Å². The number of nitrogens with zero attached hydrogens (tertiary/aromatic N) is 3. The van der Waals surface area contributed by atoms with E-state index in [1.54, 1.807) is 0 Å². The fourth-order valence-corrected chi connectivity index (χ4v) is 1.64. The lowest BCUT2D eigenvalue weighted by Crippen LogP contribution is -2.17. The van der Waals surface area contributed by atoms with Gasteiger partial charge in [0.05, 0.1) is 12.2 Å². The number of hydrogen-bond acceptors (Lipinski definition) is 2. The molecule has 1 N–H and O–H groups in total. The molecule has 0 saturated heterocycles. The molecule has 0 bridgehead atoms. The molecule has 0 unspecified atom stereocenters. The first-order valence-electron chi connectivity index (χ1n) is 5.04. The van der Waals surface area contributed by atoms with Crippen molar-refractivity contribution in [3.63, 3.8) is 0 Å². The van der Waals surface area contributed by atoms with E-state index in [2.05, 4.69) is 41.2 Å². The van der Waals surface area contributed by atoms with Crippen molar-refractivity contribution in [2.24, 2.45) is 7.05 Å². The molecule has 4 nitrogen and oxygen atoms in total. The highest BCUT2D eigenvalue weighted by molar-refractivity contribution is 5.16. The van der Waals surface area contributed by atoms with Crippen molar-refractivity contribution >= 4 is 0 Å². The zero-order valence-corrected chi connectivity index (χ0v) is 9.36. The molecule has 0 radical (unpaired) electrons. The van der Waals surface area contributed by atoms with Gasteiger partial charge in [0.2, 0.25) is 0 Å². The standard InChI is InChI=1S/C11H16N4/c1-9-4-5-10(2)15(9)12-8-11-6-7-14(3)13-11/h4-7,12H,8H2,1-3H3. The molecular formula is C11H16N4. The summed E-state index contributed by atoms with van der Waals surface area (Å²) >= 11 is 0. The number of hydrogen-bond donors (Lipinski definition) is 1. The summed E-state index contributed by atoms with van der Waals surface area (Å²) in [6.07, 6.45) is 1.95. The highest BCUT2D eigenvalue weighted by Crippen LogP contribution is 2.05. The van der Waals surface area contributed by atoms with Crippen LogP contribution in [0.5, 0.6) is 0 Å². The number of rotatable bonds is 3. The van der Waals surface area contributed by atoms with Gasteiger partial charge < -0.3 is 5.43 Å². The van der Waals surface area contributed by atoms with Crippen LogP contribution in [-0.2, 0) is 13.6 Å². The summed E-state index contributed by atoms with van der Waals surface area (Å²) in [4.78, 5) is 0. The first-order chi connectivity index (χ1) is 7.16. The molecule has 2 heterocycles. The Morgan fingerprint density at radius 3 is 2.40 bits per heavy atom. The van der Waals surface area contributed by atoms with Crippen LogP contribution in [0.3, 0.4) is 0 Å². The molecule has 0 aliphatic carbocycles. The zero-order chi connectivity index (χ0) is 10.8. The second-order valence-corrected chi connectivity index (χ2v) is 3.77. The predicted octanol–water partition coefficient (Wildman–Crippen LogP) is 1.58. The molecule has 0 fully saturated rings. The number of aryl methyl sites for hydroxylation is 3. The van der Waals surface area contributed by atoms with Crippen LogP contribution in [0.4, 0.5) is 0 Å². The minimum atomic E-state index is 0.747. The van der Waals surface area contributed by atoms with Crippen LogP contribution in [0.25, 0.3) is 0 Å². The molecule has 80 valence electrons. The van der Waals surface area contributed by atoms with Crippen molar-refractivity contribution in [3.8, 4) is 0 Å². The van der Waals surface area contributed by atoms with E-state index in [-0.39, 0.29) is 0 Å². The first kappa shape index (κ1) is 9.83. The minimum absolute atomic E-state index is 0.747. The van der Waals surface area contributed by atoms with Crippen LogP contribution < -0.4 is 5.43 Å². The maximum absolute atomic E-state index is 4.31. The van der Waals surface area contributed by atoms with Crippen molar-refractivity contribution in [3.05, 3.63) is 41.5 Å². The van der Waals surface area contributed by atoms with E-state index in [9.17, 15) is 0 Å². The van der Waals surface area contributed by atoms with E-state index in [1.807, 2.05) is 24.0 Å². The third kappa shape index (κ3) is 2.03. The molecular weight excluding hydrogens is 188 g/mol. The molecule has 0 amide bonds. The molecule has 0 atom stereocenters. The van der Waals surface area contributed by atoms with E-state index < -0.39 is 0 Å². The summed E-state index contributed by atoms with van der Waals surface area (Å²) in [7, 11) is 1.93. The van der Waals surface area contributed by atoms with Gasteiger partial charge in [-0.1, -0.05) is 0 Å². The topological polar surface area (TPSA) is 34.8 Å². The third-order valence-electron chi connectivity index (χ3n) is 2.46. The fraction of sp³-hybridized carbons (Fsp3) is 0.364. The van der Waals surface area contributed by atoms with Crippen LogP contribution in [0.2, 0.25) is 0 Å². The van der Waals surface area contributed by atoms with Crippen molar-refractivity contribution in [2.75, 3.05) is 5.43 Å². The molecule has 2 aromatic heterocycles. The summed E-state index contributed by atoms with van der Waals surface area (Å²) in [5, 5.41) is 4.31. The Bertz CT molecular complexity index is 433. The molecule has 4 heteroatoms. The predicted molar refractivity (Wildman–Crippen MR) is 60.2 cm³/mol. The van der Waals surface area contributed by atoms with Crippen LogP contribution in [0.1, 0.15) is 17.1 Å². The third-order valence-corrected chi connectivity index (χ3v) is 2.46. The van der Waals surface area contributed by atoms with Crippen LogP contribution in [0, 0.1) is 13.8 Å². The van der Waals surface area contributed by atoms with Crippen molar-refractivity contribution < 1.29 is 0 Å². The second-order valence-electron chi connectivity index (χ2n) is 3.77. The van der Waals surface area contributed by atoms with Gasteiger partial charge in [0.25, 0.3) is 0 Å². The molecule has 15 heavy (non-hydrogen) atoms. The average Bonchev–Trinajstić information content (AvgIpc) is 2.73. The lowest BCUT2D eigenvalue weighted by molar-refractivity contribution is 0.723. The monoisotopic (exact) mass is 204 g/mol. The Labute approximate surface area is 89.5 Å². The van der Waals surface area contributed by atoms with Crippen molar-refractivity contribution in [1.29, 1.82) is 0 Å². The maximum atomic E-state index is 4.31. The van der Waals surface area contributed by atoms with E-state index in [0.717, 1.165) is 12.2 Å². The van der Waals surface area contributed by atoms with Gasteiger partial charge in [-0.3, -0.25) is 9.36 Å². The molecule has 0 spiro atoms. The first-order valence-corrected chi connectivity index (χ1v) is 5.04. The van der Waals surface area contributed by atoms with Crippen LogP contribution in [0.15, 0.2) is 24.4 Å². The summed E-state index contributed by atoms with van der Waals surface area (Å²) < 4.78 is 3.89. The van der Waals surface area contributed by atoms with E-state index in [4.69, 9.17) is 0 Å². The fourth-order valence-electron chi connectivity index (χ4n) is 1.64. The highest BCUT2D eigenvalue weighted by Gasteiger charge is 2.01. The van der Waals surface area contributed by atoms with Gasteiger partial charge in [-0.25, -0.2) is 0 Å². The second kappa shape index (κ2) is 3.81. The van der Waals surface area contributed by atoms with E-state index in [0.29, 0.717) is 0 Å². The molecule has 0 aromatic carbocycles. The molecule has 2 rings (SSSR count). The summed E-state index contributed by atoms with van der Waals surface area (Å²) in [6.45, 7) is 4.91. The van der Waals surface area contributed by atoms with Crippen molar-refractivity contribution in [2.45, 2.75) is 20.4 Å². The Morgan fingerprint density at radius 1 is 1.20 bits per heavy atom. The Kier molecular flexibility index (Phi) is 2.49. The van der Waals surface area contributed by atoms with Gasteiger partial charge in [0, 0.05) is 24.6 Å². The van der Waals surface area contributed by atoms with E-state index in [1.165, 1.54) is 11.4 Å². The van der Waals surface area contributed by atoms with E-state index >= 15 is 0 Å². The Balaban J connectivity index is 2.05. The normalized spacial score (nSPS) is 10.6. The lowest BCUT2D eigenvalue weighted by Gasteiger charge is -2.10. The zero-order valence-electron chi connectivity index (χ0n) is 9.36. The Hall–Kier alpha value is -1.71. The van der Waals surface area contributed by atoms with Gasteiger partial charge in [0.15, 0.2) is 0 Å². The molecule has 0 saturated carbocycles. The summed E-state index contributed by atoms with van der Waals surface area (Å²) in [5.41, 5.74) is 6.80. The lowest BCUT2D eigenvalue weighted by atomic mass is 10.4. The van der Waals surface area contributed by atoms with Crippen LogP contribution in [-0.4, -0.2) is 14.5 Å². The van der Waals surface area contributed by atoms with Gasteiger partial charge in [-0.15, -0.1) is 0 Å². The molecule has 0 aliphatic rings. The molecule has 2 aromatic rings. The number of aromatic nitrogens is 3. The smallest absolute Gasteiger partial charge is 0.0831 e. The summed E-state index contributed by atoms with van der Waals surface area (Å²) in [6, 6.07) is 6.21. The number of nitrogens with one attached hydrogen (secondary N) is 1. The quantitative estimate of drug-likeness (QED) is 0.823. The minimum Gasteiger partial charge on any atom is -0.320 e. The SMILES string of the molecule is Cc1ccc(C)n1NCc1ccn(C)n1. The van der Waals surface area contributed by atoms with Gasteiger partial charge in [0.1, 0.15) is 0 Å². The van der Waals surface area contributed by atoms with Gasteiger partial charge >= 0.3 is 0 Å². The van der Waals surface area contributed by atoms with Gasteiger partial charge in [-0.2, -0.15) is 5.10 Å². The summed E-state index contributed by atoms with van der Waals surface area (Å²) in [5.74, 6) is 0. The van der Waals surface area contributed by atoms with Gasteiger partial charge in [-0.05, 0) is 32.0 Å². The largest absolute Gasteiger partial charge is 0.320 e.